The zero-order valence-corrected chi connectivity index (χ0v) is 9.22. The maximum absolute atomic E-state index is 11.0. The van der Waals surface area contributed by atoms with Gasteiger partial charge in [-0.25, -0.2) is 0 Å². The van der Waals surface area contributed by atoms with Crippen LogP contribution in [-0.2, 0) is 10.1 Å². The first-order chi connectivity index (χ1) is 6.79. The van der Waals surface area contributed by atoms with E-state index in [0.29, 0.717) is 5.56 Å². The highest BCUT2D eigenvalue weighted by molar-refractivity contribution is 7.86. The number of nitrogens with two attached hydrogens (primary N) is 1. The van der Waals surface area contributed by atoms with Gasteiger partial charge in [-0.2, -0.15) is 13.7 Å². The second kappa shape index (κ2) is 3.70. The maximum atomic E-state index is 11.0. The van der Waals surface area contributed by atoms with E-state index in [4.69, 9.17) is 27.1 Å². The van der Waals surface area contributed by atoms with Gasteiger partial charge < -0.3 is 5.73 Å². The Hall–Kier alpha value is -1.29. The van der Waals surface area contributed by atoms with E-state index < -0.39 is 15.0 Å². The average molecular weight is 247 g/mol. The molecule has 0 heterocycles. The van der Waals surface area contributed by atoms with Gasteiger partial charge in [0.1, 0.15) is 11.0 Å². The van der Waals surface area contributed by atoms with Gasteiger partial charge in [0.05, 0.1) is 16.3 Å². The summed E-state index contributed by atoms with van der Waals surface area (Å²) < 4.78 is 30.9. The number of hydrogen-bond acceptors (Lipinski definition) is 4. The lowest BCUT2D eigenvalue weighted by Gasteiger charge is -2.09. The number of nitrogen functional groups attached to an aromatic ring is 1. The van der Waals surface area contributed by atoms with Crippen LogP contribution < -0.4 is 5.73 Å². The topological polar surface area (TPSA) is 104 Å². The number of hydrogen-bond donors (Lipinski definition) is 2. The smallest absolute Gasteiger partial charge is 0.297 e. The largest absolute Gasteiger partial charge is 0.397 e. The molecule has 0 saturated heterocycles. The molecule has 7 heteroatoms. The fourth-order valence-corrected chi connectivity index (χ4v) is 2.34. The Kier molecular flexibility index (Phi) is 2.90. The number of halogens is 1. The molecule has 0 atom stereocenters. The molecule has 3 N–H and O–H groups in total. The van der Waals surface area contributed by atoms with Gasteiger partial charge >= 0.3 is 0 Å². The summed E-state index contributed by atoms with van der Waals surface area (Å²) in [6.07, 6.45) is 0. The summed E-state index contributed by atoms with van der Waals surface area (Å²) in [5.74, 6) is 0. The van der Waals surface area contributed by atoms with Crippen LogP contribution in [0.1, 0.15) is 11.1 Å². The Morgan fingerprint density at radius 2 is 2.13 bits per heavy atom. The molecule has 0 fully saturated rings. The van der Waals surface area contributed by atoms with Crippen LogP contribution in [0.5, 0.6) is 0 Å². The molecule has 0 saturated carbocycles. The summed E-state index contributed by atoms with van der Waals surface area (Å²) >= 11 is 5.66. The van der Waals surface area contributed by atoms with E-state index in [-0.39, 0.29) is 16.3 Å². The van der Waals surface area contributed by atoms with Crippen LogP contribution in [0, 0.1) is 18.3 Å². The summed E-state index contributed by atoms with van der Waals surface area (Å²) in [6, 6.07) is 2.95. The second-order valence-electron chi connectivity index (χ2n) is 2.88. The first-order valence-electron chi connectivity index (χ1n) is 3.75. The van der Waals surface area contributed by atoms with Gasteiger partial charge in [-0.05, 0) is 18.6 Å². The van der Waals surface area contributed by atoms with Crippen LogP contribution in [-0.4, -0.2) is 13.0 Å². The van der Waals surface area contributed by atoms with Crippen LogP contribution in [0.4, 0.5) is 5.69 Å². The minimum absolute atomic E-state index is 0.0585. The van der Waals surface area contributed by atoms with Crippen molar-refractivity contribution in [2.24, 2.45) is 0 Å². The molecule has 0 spiro atoms. The van der Waals surface area contributed by atoms with Gasteiger partial charge in [-0.15, -0.1) is 0 Å². The average Bonchev–Trinajstić information content (AvgIpc) is 2.08. The van der Waals surface area contributed by atoms with E-state index in [9.17, 15) is 8.42 Å². The zero-order chi connectivity index (χ0) is 11.8. The van der Waals surface area contributed by atoms with Gasteiger partial charge in [0.25, 0.3) is 10.1 Å². The van der Waals surface area contributed by atoms with Gasteiger partial charge in [0, 0.05) is 0 Å². The Labute approximate surface area is 91.8 Å². The lowest BCUT2D eigenvalue weighted by Crippen LogP contribution is -2.08. The lowest BCUT2D eigenvalue weighted by molar-refractivity contribution is 0.483. The first kappa shape index (κ1) is 11.8. The van der Waals surface area contributed by atoms with Crippen molar-refractivity contribution in [2.45, 2.75) is 11.8 Å². The maximum Gasteiger partial charge on any atom is 0.297 e. The minimum atomic E-state index is -4.55. The van der Waals surface area contributed by atoms with Crippen LogP contribution >= 0.6 is 11.6 Å². The van der Waals surface area contributed by atoms with Crippen molar-refractivity contribution in [2.75, 3.05) is 5.73 Å². The van der Waals surface area contributed by atoms with E-state index in [0.717, 1.165) is 0 Å². The molecule has 15 heavy (non-hydrogen) atoms. The molecule has 80 valence electrons. The molecule has 5 nitrogen and oxygen atoms in total. The zero-order valence-electron chi connectivity index (χ0n) is 7.65. The molecule has 0 aliphatic heterocycles. The van der Waals surface area contributed by atoms with Gasteiger partial charge in [0.2, 0.25) is 0 Å². The number of rotatable bonds is 1. The van der Waals surface area contributed by atoms with Crippen molar-refractivity contribution in [1.82, 2.24) is 0 Å². The molecule has 1 aromatic rings. The number of nitrogens with zero attached hydrogens (tertiary/aromatic N) is 1. The molecule has 0 aromatic heterocycles. The molecule has 0 amide bonds. The molecule has 0 radical (unpaired) electrons. The lowest BCUT2D eigenvalue weighted by atomic mass is 10.1. The van der Waals surface area contributed by atoms with E-state index in [1.165, 1.54) is 13.0 Å². The third-order valence-corrected chi connectivity index (χ3v) is 3.09. The van der Waals surface area contributed by atoms with Crippen LogP contribution in [0.3, 0.4) is 0 Å². The van der Waals surface area contributed by atoms with E-state index in [1.807, 2.05) is 0 Å². The van der Waals surface area contributed by atoms with Gasteiger partial charge in [0.15, 0.2) is 0 Å². The fraction of sp³-hybridized carbons (Fsp3) is 0.125. The van der Waals surface area contributed by atoms with E-state index in [2.05, 4.69) is 0 Å². The SMILES string of the molecule is Cc1cc(Cl)c(C#N)c(S(=O)(=O)O)c1N. The molecule has 1 rings (SSSR count). The van der Waals surface area contributed by atoms with Gasteiger partial charge in [-0.1, -0.05) is 11.6 Å². The molecule has 0 unspecified atom stereocenters. The van der Waals surface area contributed by atoms with Crippen molar-refractivity contribution in [3.63, 3.8) is 0 Å². The first-order valence-corrected chi connectivity index (χ1v) is 5.57. The van der Waals surface area contributed by atoms with Crippen LogP contribution in [0.25, 0.3) is 0 Å². The van der Waals surface area contributed by atoms with E-state index in [1.54, 1.807) is 6.07 Å². The molecule has 1 aromatic carbocycles. The summed E-state index contributed by atoms with van der Waals surface area (Å²) in [5.41, 5.74) is 5.33. The standard InChI is InChI=1S/C8H7ClN2O3S/c1-4-2-6(9)5(3-10)8(7(4)11)15(12,13)14/h2H,11H2,1H3,(H,12,13,14). The molecular weight excluding hydrogens is 240 g/mol. The summed E-state index contributed by atoms with van der Waals surface area (Å²) in [6.45, 7) is 1.52. The highest BCUT2D eigenvalue weighted by Crippen LogP contribution is 2.31. The summed E-state index contributed by atoms with van der Waals surface area (Å²) in [4.78, 5) is -0.630. The number of anilines is 1. The monoisotopic (exact) mass is 246 g/mol. The second-order valence-corrected chi connectivity index (χ2v) is 4.65. The van der Waals surface area contributed by atoms with Gasteiger partial charge in [-0.3, -0.25) is 4.55 Å². The minimum Gasteiger partial charge on any atom is -0.397 e. The van der Waals surface area contributed by atoms with Crippen molar-refractivity contribution < 1.29 is 13.0 Å². The summed E-state index contributed by atoms with van der Waals surface area (Å²) in [5, 5.41) is 8.65. The van der Waals surface area contributed by atoms with Crippen molar-refractivity contribution in [3.8, 4) is 6.07 Å². The normalized spacial score (nSPS) is 11.1. The van der Waals surface area contributed by atoms with E-state index >= 15 is 0 Å². The molecule has 0 aliphatic rings. The predicted molar refractivity (Wildman–Crippen MR) is 55.1 cm³/mol. The Bertz CT molecular complexity index is 560. The third-order valence-electron chi connectivity index (χ3n) is 1.85. The summed E-state index contributed by atoms with van der Waals surface area (Å²) in [7, 11) is -4.55. The third kappa shape index (κ3) is 2.04. The van der Waals surface area contributed by atoms with Crippen LogP contribution in [0.2, 0.25) is 5.02 Å². The molecule has 0 bridgehead atoms. The van der Waals surface area contributed by atoms with Crippen LogP contribution in [0.15, 0.2) is 11.0 Å². The number of benzene rings is 1. The Morgan fingerprint density at radius 1 is 1.60 bits per heavy atom. The van der Waals surface area contributed by atoms with Crippen molar-refractivity contribution in [3.05, 3.63) is 22.2 Å². The number of aryl methyl sites for hydroxylation is 1. The predicted octanol–water partition coefficient (Wildman–Crippen LogP) is 1.35. The quantitative estimate of drug-likeness (QED) is 0.575. The Balaban J connectivity index is 3.85. The molecular formula is C8H7ClN2O3S. The Morgan fingerprint density at radius 3 is 2.53 bits per heavy atom. The van der Waals surface area contributed by atoms with Crippen molar-refractivity contribution in [1.29, 1.82) is 5.26 Å². The molecule has 0 aliphatic carbocycles. The highest BCUT2D eigenvalue weighted by atomic mass is 35.5. The number of nitriles is 1. The fourth-order valence-electron chi connectivity index (χ4n) is 1.13. The highest BCUT2D eigenvalue weighted by Gasteiger charge is 2.23. The van der Waals surface area contributed by atoms with Crippen molar-refractivity contribution >= 4 is 27.4 Å².